The Bertz CT molecular complexity index is 1210. The molecule has 0 aliphatic heterocycles. The fraction of sp³-hybridized carbons (Fsp3) is 0.167. The number of nitro groups is 2. The molecule has 0 aromatic heterocycles. The second kappa shape index (κ2) is 10.0. The lowest BCUT2D eigenvalue weighted by molar-refractivity contribution is -0.383. The van der Waals surface area contributed by atoms with Gasteiger partial charge in [0.2, 0.25) is 0 Å². The van der Waals surface area contributed by atoms with Gasteiger partial charge in [-0.25, -0.2) is 0 Å². The molecule has 0 aliphatic rings. The summed E-state index contributed by atoms with van der Waals surface area (Å²) in [6, 6.07) is 22.2. The Morgan fingerprint density at radius 1 is 0.594 bits per heavy atom. The van der Waals surface area contributed by atoms with Gasteiger partial charge in [-0.3, -0.25) is 20.2 Å². The summed E-state index contributed by atoms with van der Waals surface area (Å²) in [6.07, 6.45) is 1.18. The predicted molar refractivity (Wildman–Crippen MR) is 134 cm³/mol. The third-order valence-corrected chi connectivity index (χ3v) is 7.73. The molecule has 0 N–H and O–H groups in total. The molecule has 0 radical (unpaired) electrons. The summed E-state index contributed by atoms with van der Waals surface area (Å²) < 4.78 is 0. The number of aryl methyl sites for hydroxylation is 2. The zero-order chi connectivity index (χ0) is 22.5. The molecule has 0 atom stereocenters. The molecule has 4 rings (SSSR count). The van der Waals surface area contributed by atoms with Gasteiger partial charge >= 0.3 is 0 Å². The molecule has 0 saturated carbocycles. The highest BCUT2D eigenvalue weighted by Crippen LogP contribution is 2.33. The van der Waals surface area contributed by atoms with Crippen molar-refractivity contribution in [2.45, 2.75) is 12.8 Å². The van der Waals surface area contributed by atoms with Crippen LogP contribution >= 0.6 is 21.6 Å². The Morgan fingerprint density at radius 3 is 1.41 bits per heavy atom. The van der Waals surface area contributed by atoms with Gasteiger partial charge in [-0.2, -0.15) is 0 Å². The molecule has 0 bridgehead atoms. The van der Waals surface area contributed by atoms with E-state index in [0.717, 1.165) is 33.4 Å². The largest absolute Gasteiger partial charge is 0.280 e. The molecular weight excluding hydrogens is 444 g/mol. The van der Waals surface area contributed by atoms with E-state index in [0.29, 0.717) is 23.6 Å². The van der Waals surface area contributed by atoms with Gasteiger partial charge in [0.1, 0.15) is 0 Å². The smallest absolute Gasteiger partial charge is 0.258 e. The maximum Gasteiger partial charge on any atom is 0.280 e. The van der Waals surface area contributed by atoms with Crippen molar-refractivity contribution in [2.24, 2.45) is 0 Å². The van der Waals surface area contributed by atoms with E-state index in [1.807, 2.05) is 60.7 Å². The first-order valence-corrected chi connectivity index (χ1v) is 12.6. The van der Waals surface area contributed by atoms with Gasteiger partial charge in [0.05, 0.1) is 20.6 Å². The molecule has 0 fully saturated rings. The average Bonchev–Trinajstić information content (AvgIpc) is 2.80. The van der Waals surface area contributed by atoms with Crippen molar-refractivity contribution < 1.29 is 9.85 Å². The second-order valence-corrected chi connectivity index (χ2v) is 9.95. The first-order valence-electron chi connectivity index (χ1n) is 10.1. The highest BCUT2D eigenvalue weighted by molar-refractivity contribution is 8.76. The maximum absolute atomic E-state index is 11.6. The van der Waals surface area contributed by atoms with Crippen molar-refractivity contribution in [3.63, 3.8) is 0 Å². The molecule has 4 aromatic carbocycles. The van der Waals surface area contributed by atoms with Gasteiger partial charge in [-0.15, -0.1) is 0 Å². The van der Waals surface area contributed by atoms with Crippen LogP contribution in [0.3, 0.4) is 0 Å². The Labute approximate surface area is 192 Å². The molecule has 162 valence electrons. The SMILES string of the molecule is O=[N+]([O-])c1c(CCSSCCc2ccc3ccccc3c2[N+](=O)[O-])ccc2ccccc12. The van der Waals surface area contributed by atoms with E-state index in [2.05, 4.69) is 0 Å². The number of fused-ring (bicyclic) bond motifs is 2. The van der Waals surface area contributed by atoms with E-state index in [1.54, 1.807) is 33.7 Å². The van der Waals surface area contributed by atoms with Crippen molar-refractivity contribution >= 4 is 54.5 Å². The van der Waals surface area contributed by atoms with Crippen LogP contribution in [0.4, 0.5) is 11.4 Å². The van der Waals surface area contributed by atoms with E-state index in [-0.39, 0.29) is 21.2 Å². The van der Waals surface area contributed by atoms with Crippen LogP contribution in [0, 0.1) is 20.2 Å². The fourth-order valence-corrected chi connectivity index (χ4v) is 5.91. The molecule has 32 heavy (non-hydrogen) atoms. The lowest BCUT2D eigenvalue weighted by Crippen LogP contribution is -1.99. The van der Waals surface area contributed by atoms with E-state index < -0.39 is 0 Å². The van der Waals surface area contributed by atoms with Gasteiger partial charge in [0.25, 0.3) is 11.4 Å². The van der Waals surface area contributed by atoms with E-state index in [9.17, 15) is 20.2 Å². The van der Waals surface area contributed by atoms with Crippen molar-refractivity contribution in [3.05, 3.63) is 104 Å². The Kier molecular flexibility index (Phi) is 6.92. The zero-order valence-electron chi connectivity index (χ0n) is 17.1. The summed E-state index contributed by atoms with van der Waals surface area (Å²) >= 11 is 0. The molecule has 4 aromatic rings. The summed E-state index contributed by atoms with van der Waals surface area (Å²) in [4.78, 5) is 22.7. The van der Waals surface area contributed by atoms with Gasteiger partial charge < -0.3 is 0 Å². The molecule has 0 aliphatic carbocycles. The molecule has 0 unspecified atom stereocenters. The quantitative estimate of drug-likeness (QED) is 0.115. The monoisotopic (exact) mass is 464 g/mol. The van der Waals surface area contributed by atoms with E-state index in [1.165, 1.54) is 0 Å². The lowest BCUT2D eigenvalue weighted by atomic mass is 10.0. The highest BCUT2D eigenvalue weighted by atomic mass is 33.1. The van der Waals surface area contributed by atoms with Crippen LogP contribution in [0.5, 0.6) is 0 Å². The number of nitrogens with zero attached hydrogens (tertiary/aromatic N) is 2. The third kappa shape index (κ3) is 4.71. The summed E-state index contributed by atoms with van der Waals surface area (Å²) in [5, 5.41) is 26.3. The normalized spacial score (nSPS) is 11.1. The second-order valence-electron chi connectivity index (χ2n) is 7.25. The first-order chi connectivity index (χ1) is 15.6. The summed E-state index contributed by atoms with van der Waals surface area (Å²) in [5.41, 5.74) is 1.82. The Morgan fingerprint density at radius 2 is 1.00 bits per heavy atom. The summed E-state index contributed by atoms with van der Waals surface area (Å²) in [7, 11) is 3.27. The van der Waals surface area contributed by atoms with E-state index >= 15 is 0 Å². The van der Waals surface area contributed by atoms with Crippen molar-refractivity contribution in [1.29, 1.82) is 0 Å². The van der Waals surface area contributed by atoms with Gasteiger partial charge in [-0.1, -0.05) is 82.3 Å². The van der Waals surface area contributed by atoms with E-state index in [4.69, 9.17) is 0 Å². The summed E-state index contributed by atoms with van der Waals surface area (Å²) in [6.45, 7) is 0. The fourth-order valence-electron chi connectivity index (χ4n) is 3.86. The van der Waals surface area contributed by atoms with Crippen LogP contribution in [-0.4, -0.2) is 21.4 Å². The minimum Gasteiger partial charge on any atom is -0.258 e. The zero-order valence-corrected chi connectivity index (χ0v) is 18.7. The topological polar surface area (TPSA) is 86.3 Å². The highest BCUT2D eigenvalue weighted by Gasteiger charge is 2.19. The first kappa shape index (κ1) is 22.1. The van der Waals surface area contributed by atoms with Crippen LogP contribution in [0.15, 0.2) is 72.8 Å². The maximum atomic E-state index is 11.6. The number of rotatable bonds is 9. The lowest BCUT2D eigenvalue weighted by Gasteiger charge is -2.07. The molecule has 8 heteroatoms. The van der Waals surface area contributed by atoms with Gasteiger partial charge in [0, 0.05) is 22.6 Å². The number of nitro benzene ring substituents is 2. The van der Waals surface area contributed by atoms with Crippen LogP contribution in [-0.2, 0) is 12.8 Å². The van der Waals surface area contributed by atoms with Crippen LogP contribution in [0.2, 0.25) is 0 Å². The molecule has 0 saturated heterocycles. The average molecular weight is 465 g/mol. The molecule has 0 amide bonds. The van der Waals surface area contributed by atoms with Gasteiger partial charge in [0.15, 0.2) is 0 Å². The Balaban J connectivity index is 1.36. The van der Waals surface area contributed by atoms with Crippen LogP contribution in [0.25, 0.3) is 21.5 Å². The minimum atomic E-state index is -0.297. The summed E-state index contributed by atoms with van der Waals surface area (Å²) in [5.74, 6) is 1.45. The molecule has 0 heterocycles. The Hall–Kier alpha value is -3.10. The van der Waals surface area contributed by atoms with Crippen molar-refractivity contribution in [3.8, 4) is 0 Å². The van der Waals surface area contributed by atoms with Crippen LogP contribution in [0.1, 0.15) is 11.1 Å². The minimum absolute atomic E-state index is 0.181. The third-order valence-electron chi connectivity index (χ3n) is 5.33. The molecule has 0 spiro atoms. The molecular formula is C24H20N2O4S2. The van der Waals surface area contributed by atoms with Gasteiger partial charge in [-0.05, 0) is 35.7 Å². The predicted octanol–water partition coefficient (Wildman–Crippen LogP) is 6.98. The number of benzene rings is 4. The van der Waals surface area contributed by atoms with Crippen LogP contribution < -0.4 is 0 Å². The van der Waals surface area contributed by atoms with Crippen molar-refractivity contribution in [2.75, 3.05) is 11.5 Å². The molecule has 6 nitrogen and oxygen atoms in total. The van der Waals surface area contributed by atoms with Crippen molar-refractivity contribution in [1.82, 2.24) is 0 Å². The standard InChI is InChI=1S/C24H20N2O4S2/c27-25(28)23-19(11-9-17-5-1-3-7-21(17)23)13-15-31-32-16-14-20-12-10-18-6-2-4-8-22(18)24(20)26(29)30/h1-12H,13-16H2. The number of hydrogen-bond acceptors (Lipinski definition) is 6. The number of hydrogen-bond donors (Lipinski definition) is 0.